The fourth-order valence-corrected chi connectivity index (χ4v) is 21.2. The maximum Gasteiger partial charge on any atom is 0.238 e. The molecular formula is C131H88N10O4. The first-order chi connectivity index (χ1) is 71.7. The van der Waals surface area contributed by atoms with E-state index < -0.39 is 0 Å². The van der Waals surface area contributed by atoms with Crippen LogP contribution in [0.3, 0.4) is 0 Å². The maximum absolute atomic E-state index is 6.70. The third kappa shape index (κ3) is 15.5. The van der Waals surface area contributed by atoms with Gasteiger partial charge in [0.05, 0.1) is 72.1 Å². The molecular weight excluding hydrogens is 1780 g/mol. The smallest absolute Gasteiger partial charge is 0.238 e. The Morgan fingerprint density at radius 1 is 0.207 bits per heavy atom. The van der Waals surface area contributed by atoms with Gasteiger partial charge < -0.3 is 17.7 Å². The second-order valence-corrected chi connectivity index (χ2v) is 36.6. The van der Waals surface area contributed by atoms with Crippen LogP contribution in [0.1, 0.15) is 16.7 Å². The van der Waals surface area contributed by atoms with Crippen LogP contribution in [0.5, 0.6) is 0 Å². The molecule has 686 valence electrons. The van der Waals surface area contributed by atoms with Crippen molar-refractivity contribution < 1.29 is 17.7 Å². The average molecular weight is 1870 g/mol. The molecule has 0 aliphatic rings. The number of furan rings is 4. The molecule has 0 aliphatic carbocycles. The van der Waals surface area contributed by atoms with Gasteiger partial charge in [0.1, 0.15) is 22.3 Å². The van der Waals surface area contributed by atoms with Crippen LogP contribution in [-0.2, 0) is 0 Å². The predicted octanol–water partition coefficient (Wildman–Crippen LogP) is 34.4. The van der Waals surface area contributed by atoms with Crippen molar-refractivity contribution in [3.05, 3.63) is 496 Å². The lowest BCUT2D eigenvalue weighted by Crippen LogP contribution is -2.04. The Labute approximate surface area is 833 Å². The molecule has 0 fully saturated rings. The third-order valence-corrected chi connectivity index (χ3v) is 27.5. The van der Waals surface area contributed by atoms with E-state index in [1.807, 2.05) is 78.9 Å². The fraction of sp³-hybridized carbons (Fsp3) is 0.0229. The molecule has 11 aromatic heterocycles. The van der Waals surface area contributed by atoms with Crippen molar-refractivity contribution in [2.75, 3.05) is 0 Å². The highest BCUT2D eigenvalue weighted by molar-refractivity contribution is 6.24. The molecule has 0 radical (unpaired) electrons. The first-order valence-corrected chi connectivity index (χ1v) is 48.6. The van der Waals surface area contributed by atoms with E-state index >= 15 is 0 Å². The molecule has 14 nitrogen and oxygen atoms in total. The molecule has 145 heavy (non-hydrogen) atoms. The summed E-state index contributed by atoms with van der Waals surface area (Å²) < 4.78 is 34.6. The number of aromatic nitrogens is 10. The number of nitrogens with zero attached hydrogens (tertiary/aromatic N) is 10. The van der Waals surface area contributed by atoms with E-state index in [4.69, 9.17) is 27.6 Å². The van der Waals surface area contributed by atoms with Crippen molar-refractivity contribution in [1.82, 2.24) is 48.2 Å². The zero-order chi connectivity index (χ0) is 96.5. The average Bonchev–Trinajstić information content (AvgIpc) is 1.57. The Balaban J connectivity index is 0.000000105. The molecule has 0 bridgehead atoms. The summed E-state index contributed by atoms with van der Waals surface area (Å²) in [6.45, 7) is 6.51. The molecule has 0 amide bonds. The Hall–Kier alpha value is -19.4. The molecule has 29 aromatic rings. The minimum absolute atomic E-state index is 0.538. The summed E-state index contributed by atoms with van der Waals surface area (Å²) in [4.78, 5) is 28.9. The van der Waals surface area contributed by atoms with E-state index in [1.54, 1.807) is 24.8 Å². The quantitative estimate of drug-likeness (QED) is 0.109. The van der Waals surface area contributed by atoms with Gasteiger partial charge in [-0.2, -0.15) is 0 Å². The van der Waals surface area contributed by atoms with E-state index in [9.17, 15) is 0 Å². The van der Waals surface area contributed by atoms with E-state index in [0.717, 1.165) is 189 Å². The largest absolute Gasteiger partial charge is 0.439 e. The zero-order valence-corrected chi connectivity index (χ0v) is 79.2. The Kier molecular flexibility index (Phi) is 21.6. The zero-order valence-electron chi connectivity index (χ0n) is 79.2. The lowest BCUT2D eigenvalue weighted by molar-refractivity contribution is 0.641. The van der Waals surface area contributed by atoms with Gasteiger partial charge in [0.2, 0.25) is 28.8 Å². The molecule has 0 N–H and O–H groups in total. The van der Waals surface area contributed by atoms with Gasteiger partial charge in [-0.3, -0.25) is 13.7 Å². The first kappa shape index (κ1) is 85.9. The first-order valence-electron chi connectivity index (χ1n) is 48.6. The van der Waals surface area contributed by atoms with Gasteiger partial charge >= 0.3 is 0 Å². The summed E-state index contributed by atoms with van der Waals surface area (Å²) in [5.74, 6) is 1.81. The molecule has 29 rings (SSSR count). The minimum atomic E-state index is 0.538. The normalized spacial score (nSPS) is 11.6. The highest BCUT2D eigenvalue weighted by atomic mass is 16.4. The maximum atomic E-state index is 6.70. The van der Waals surface area contributed by atoms with Gasteiger partial charge in [0, 0.05) is 95.7 Å². The summed E-state index contributed by atoms with van der Waals surface area (Å²) >= 11 is 0. The number of hydrogen-bond donors (Lipinski definition) is 0. The lowest BCUT2D eigenvalue weighted by Gasteiger charge is -2.15. The number of fused-ring (bicyclic) bond motifs is 20. The van der Waals surface area contributed by atoms with Crippen LogP contribution < -0.4 is 0 Å². The molecule has 0 unspecified atom stereocenters. The Morgan fingerprint density at radius 2 is 0.490 bits per heavy atom. The molecule has 14 heteroatoms. The number of para-hydroxylation sites is 9. The van der Waals surface area contributed by atoms with Crippen molar-refractivity contribution in [2.24, 2.45) is 0 Å². The van der Waals surface area contributed by atoms with Gasteiger partial charge in [-0.25, -0.2) is 34.5 Å². The lowest BCUT2D eigenvalue weighted by atomic mass is 9.93. The van der Waals surface area contributed by atoms with Crippen molar-refractivity contribution in [3.8, 4) is 124 Å². The molecule has 0 saturated heterocycles. The minimum Gasteiger partial charge on any atom is -0.439 e. The summed E-state index contributed by atoms with van der Waals surface area (Å²) in [6, 6.07) is 158. The van der Waals surface area contributed by atoms with Crippen molar-refractivity contribution >= 4 is 132 Å². The van der Waals surface area contributed by atoms with Crippen LogP contribution >= 0.6 is 0 Å². The van der Waals surface area contributed by atoms with Gasteiger partial charge in [0.25, 0.3) is 0 Å². The second-order valence-electron chi connectivity index (χ2n) is 36.6. The van der Waals surface area contributed by atoms with Crippen LogP contribution in [0.4, 0.5) is 0 Å². The standard InChI is InChI=1S/C54H35N3O.C28H17N5O.C26H17NO.C23H19NO/c1-5-17-36(18-6-1)40-29-41(37-19-7-2-8-20-37)32-44(31-40)48-35-49(45-33-42(38-21-9-3-10-22-38)30-43(34-45)39-23-11-4-12-24-39)56-54(55-48)57-50-27-15-13-25-46(50)52-47-26-14-16-28-51(47)58-53(52)57;1-3-9-23-21(7-1)25-22-8-2-4-10-24(22)34-28(25)33(23)20-16-18(26-29-11-5-12-30-26)15-19(17-20)27-31-13-6-14-32-27;1-2-10-18(11-3-1)19-12-4-7-15-22(19)27-23-16-8-5-13-20(23)25-21-14-6-9-17-24(21)28-26(25)27;1-14-12-15(2)22(16(3)13-14)24-19-10-6-4-8-17(19)21-18-9-5-7-11-20(18)25-23(21)24/h1-35H;1-17H;1-17H;4-13H,1-3H3. The molecule has 0 aliphatic heterocycles. The topological polar surface area (TPSA) is 150 Å². The number of rotatable bonds is 13. The van der Waals surface area contributed by atoms with E-state index in [2.05, 4.69) is 435 Å². The highest BCUT2D eigenvalue weighted by Gasteiger charge is 2.28. The second kappa shape index (κ2) is 36.4. The number of hydrogen-bond acceptors (Lipinski definition) is 10. The van der Waals surface area contributed by atoms with Gasteiger partial charge in [-0.1, -0.05) is 333 Å². The molecule has 0 spiro atoms. The van der Waals surface area contributed by atoms with Crippen molar-refractivity contribution in [2.45, 2.75) is 20.8 Å². The summed E-state index contributed by atoms with van der Waals surface area (Å²) in [5, 5.41) is 13.7. The van der Waals surface area contributed by atoms with Gasteiger partial charge in [0.15, 0.2) is 11.6 Å². The van der Waals surface area contributed by atoms with Crippen molar-refractivity contribution in [1.29, 1.82) is 0 Å². The van der Waals surface area contributed by atoms with E-state index in [1.165, 1.54) is 66.0 Å². The van der Waals surface area contributed by atoms with E-state index in [0.29, 0.717) is 17.6 Å². The highest BCUT2D eigenvalue weighted by Crippen LogP contribution is 2.48. The van der Waals surface area contributed by atoms with Crippen LogP contribution in [0, 0.1) is 20.8 Å². The summed E-state index contributed by atoms with van der Waals surface area (Å²) in [6.07, 6.45) is 6.98. The molecule has 0 saturated carbocycles. The van der Waals surface area contributed by atoms with Crippen LogP contribution in [-0.4, -0.2) is 48.2 Å². The summed E-state index contributed by atoms with van der Waals surface area (Å²) in [5.41, 5.74) is 35.1. The van der Waals surface area contributed by atoms with Crippen molar-refractivity contribution in [3.63, 3.8) is 0 Å². The van der Waals surface area contributed by atoms with Crippen LogP contribution in [0.25, 0.3) is 256 Å². The van der Waals surface area contributed by atoms with E-state index in [-0.39, 0.29) is 0 Å². The van der Waals surface area contributed by atoms with Crippen LogP contribution in [0.15, 0.2) is 497 Å². The molecule has 0 atom stereocenters. The van der Waals surface area contributed by atoms with Crippen LogP contribution in [0.2, 0.25) is 0 Å². The molecule has 11 heterocycles. The predicted molar refractivity (Wildman–Crippen MR) is 592 cm³/mol. The van der Waals surface area contributed by atoms with Gasteiger partial charge in [-0.15, -0.1) is 0 Å². The Morgan fingerprint density at radius 3 is 0.876 bits per heavy atom. The number of aryl methyl sites for hydroxylation is 3. The Bertz CT molecular complexity index is 9650. The monoisotopic (exact) mass is 1860 g/mol. The fourth-order valence-electron chi connectivity index (χ4n) is 21.2. The SMILES string of the molecule is Cc1cc(C)c(-n2c3ccccc3c3c4ccccc4oc32)c(C)c1.c1ccc(-c2cc(-c3ccccc3)cc(-c3cc(-c4cc(-c5ccccc5)cc(-c5ccccc5)c4)nc(-n4c5ccccc5c5c6ccccc6oc54)n3)c2)cc1.c1ccc(-c2ccccc2-n2c3ccccc3c3c4ccccc4oc32)cc1.c1cnc(-c2cc(-c3ncccn3)cc(-n3c4ccccc4c4c5ccccc5oc43)c2)nc1. The third-order valence-electron chi connectivity index (χ3n) is 27.5. The van der Waals surface area contributed by atoms with Gasteiger partial charge in [-0.05, 0) is 209 Å². The summed E-state index contributed by atoms with van der Waals surface area (Å²) in [7, 11) is 0. The molecule has 18 aromatic carbocycles. The number of benzene rings is 18.